The number of hydrogen-bond donors (Lipinski definition) is 1. The van der Waals surface area contributed by atoms with Gasteiger partial charge >= 0.3 is 11.9 Å². The molecule has 1 N–H and O–H groups in total. The van der Waals surface area contributed by atoms with Gasteiger partial charge in [-0.15, -0.1) is 0 Å². The van der Waals surface area contributed by atoms with E-state index in [4.69, 9.17) is 28.4 Å². The molecule has 2 atom stereocenters. The molecule has 10 heteroatoms. The number of halogens is 1. The monoisotopic (exact) mass is 556 g/mol. The van der Waals surface area contributed by atoms with Crippen LogP contribution in [0.4, 0.5) is 0 Å². The number of aromatic hydroxyl groups is 1. The fourth-order valence-corrected chi connectivity index (χ4v) is 5.17. The fourth-order valence-electron chi connectivity index (χ4n) is 4.67. The molecule has 9 nitrogen and oxygen atoms in total. The van der Waals surface area contributed by atoms with E-state index in [1.165, 1.54) is 28.4 Å². The van der Waals surface area contributed by atoms with Gasteiger partial charge in [0.2, 0.25) is 0 Å². The van der Waals surface area contributed by atoms with E-state index in [-0.39, 0.29) is 28.4 Å². The van der Waals surface area contributed by atoms with Gasteiger partial charge in [-0.3, -0.25) is 0 Å². The highest BCUT2D eigenvalue weighted by Gasteiger charge is 2.41. The molecule has 0 bridgehead atoms. The van der Waals surface area contributed by atoms with E-state index in [2.05, 4.69) is 15.9 Å². The van der Waals surface area contributed by atoms with Crippen LogP contribution in [0.2, 0.25) is 0 Å². The van der Waals surface area contributed by atoms with Gasteiger partial charge in [0, 0.05) is 16.7 Å². The number of phenolic OH excluding ortho intramolecular Hbond substituents is 1. The van der Waals surface area contributed by atoms with Gasteiger partial charge in [0.25, 0.3) is 0 Å². The number of hydrogen-bond acceptors (Lipinski definition) is 9. The van der Waals surface area contributed by atoms with Crippen LogP contribution < -0.4 is 18.9 Å². The number of ether oxygens (including phenoxy) is 6. The Balaban J connectivity index is 1.64. The smallest absolute Gasteiger partial charge is 0.343 e. The molecule has 36 heavy (non-hydrogen) atoms. The molecule has 0 saturated carbocycles. The summed E-state index contributed by atoms with van der Waals surface area (Å²) in [5, 5.41) is 10.9. The lowest BCUT2D eigenvalue weighted by molar-refractivity contribution is 0.0450. The fraction of sp³-hybridized carbons (Fsp3) is 0.231. The van der Waals surface area contributed by atoms with Crippen molar-refractivity contribution >= 4 is 27.9 Å². The molecule has 2 aliphatic heterocycles. The summed E-state index contributed by atoms with van der Waals surface area (Å²) in [5.41, 5.74) is 2.44. The minimum absolute atomic E-state index is 0.115. The first-order valence-corrected chi connectivity index (χ1v) is 11.6. The van der Waals surface area contributed by atoms with Crippen LogP contribution in [-0.4, -0.2) is 45.5 Å². The van der Waals surface area contributed by atoms with Gasteiger partial charge in [-0.05, 0) is 45.8 Å². The van der Waals surface area contributed by atoms with Crippen LogP contribution in [-0.2, 0) is 9.47 Å². The molecule has 0 fully saturated rings. The Hall–Kier alpha value is -3.92. The van der Waals surface area contributed by atoms with E-state index in [9.17, 15) is 14.7 Å². The normalized spacial score (nSPS) is 17.7. The molecule has 3 aromatic rings. The lowest BCUT2D eigenvalue weighted by Crippen LogP contribution is -2.06. The summed E-state index contributed by atoms with van der Waals surface area (Å²) in [6, 6.07) is 10.1. The Labute approximate surface area is 214 Å². The predicted octanol–water partition coefficient (Wildman–Crippen LogP) is 4.71. The number of esters is 2. The average molecular weight is 557 g/mol. The van der Waals surface area contributed by atoms with Crippen molar-refractivity contribution in [1.29, 1.82) is 0 Å². The molecule has 2 aliphatic rings. The van der Waals surface area contributed by atoms with Crippen LogP contribution in [0.15, 0.2) is 40.9 Å². The third-order valence-electron chi connectivity index (χ3n) is 6.28. The van der Waals surface area contributed by atoms with Crippen LogP contribution in [0.5, 0.6) is 28.7 Å². The molecular weight excluding hydrogens is 536 g/mol. The quantitative estimate of drug-likeness (QED) is 0.431. The van der Waals surface area contributed by atoms with Crippen LogP contribution in [0.3, 0.4) is 0 Å². The van der Waals surface area contributed by atoms with E-state index in [0.29, 0.717) is 38.2 Å². The Kier molecular flexibility index (Phi) is 5.91. The van der Waals surface area contributed by atoms with Crippen LogP contribution in [0, 0.1) is 0 Å². The average Bonchev–Trinajstić information content (AvgIpc) is 3.41. The molecule has 0 spiro atoms. The molecular formula is C26H21BrO9. The van der Waals surface area contributed by atoms with E-state index in [1.54, 1.807) is 36.4 Å². The van der Waals surface area contributed by atoms with Gasteiger partial charge < -0.3 is 33.5 Å². The van der Waals surface area contributed by atoms with Gasteiger partial charge in [-0.25, -0.2) is 9.59 Å². The summed E-state index contributed by atoms with van der Waals surface area (Å²) < 4.78 is 33.2. The first-order chi connectivity index (χ1) is 17.3. The number of cyclic esters (lactones) is 2. The van der Waals surface area contributed by atoms with Crippen molar-refractivity contribution in [3.8, 4) is 28.7 Å². The molecule has 5 rings (SSSR count). The van der Waals surface area contributed by atoms with Crippen molar-refractivity contribution in [3.63, 3.8) is 0 Å². The summed E-state index contributed by atoms with van der Waals surface area (Å²) >= 11 is 3.38. The molecule has 0 unspecified atom stereocenters. The minimum Gasteiger partial charge on any atom is -0.506 e. The standard InChI is InChI=1S/C26H21BrO9/c1-31-16-7-5-12-18(23(16)33-3)25(29)35-21(12)11-9-14(20(28)15(27)10-11)22-13-6-8-17(32-2)24(34-4)19(13)26(30)36-22/h5-10,21-22,28H,1-4H3/t21-,22+/m0/s1. The van der Waals surface area contributed by atoms with Crippen LogP contribution >= 0.6 is 15.9 Å². The van der Waals surface area contributed by atoms with E-state index in [0.717, 1.165) is 0 Å². The van der Waals surface area contributed by atoms with Crippen molar-refractivity contribution in [2.75, 3.05) is 28.4 Å². The zero-order valence-electron chi connectivity index (χ0n) is 19.7. The maximum atomic E-state index is 12.8. The zero-order chi connectivity index (χ0) is 25.7. The maximum absolute atomic E-state index is 12.8. The van der Waals surface area contributed by atoms with E-state index >= 15 is 0 Å². The van der Waals surface area contributed by atoms with Gasteiger partial charge in [0.05, 0.1) is 32.9 Å². The molecule has 0 amide bonds. The SMILES string of the molecule is COc1ccc2c(c1OC)C(=O)O[C@H]2c1cc([C@@H]2OC(=O)c3c2ccc(OC)c3OC)cc(Br)c1O. The van der Waals surface area contributed by atoms with Gasteiger partial charge in [-0.1, -0.05) is 12.1 Å². The summed E-state index contributed by atoms with van der Waals surface area (Å²) in [6.07, 6.45) is -1.71. The van der Waals surface area contributed by atoms with Crippen LogP contribution in [0.1, 0.15) is 55.2 Å². The van der Waals surface area contributed by atoms with Gasteiger partial charge in [0.15, 0.2) is 35.2 Å². The second kappa shape index (κ2) is 8.94. The zero-order valence-corrected chi connectivity index (χ0v) is 21.3. The Morgan fingerprint density at radius 1 is 0.722 bits per heavy atom. The highest BCUT2D eigenvalue weighted by Crippen LogP contribution is 2.50. The number of carbonyl (C=O) groups is 2. The topological polar surface area (TPSA) is 110 Å². The summed E-state index contributed by atoms with van der Waals surface area (Å²) in [5.74, 6) is 0.0208. The Morgan fingerprint density at radius 2 is 1.22 bits per heavy atom. The minimum atomic E-state index is -0.925. The predicted molar refractivity (Wildman–Crippen MR) is 129 cm³/mol. The maximum Gasteiger partial charge on any atom is 0.343 e. The van der Waals surface area contributed by atoms with Crippen molar-refractivity contribution < 1.29 is 43.1 Å². The molecule has 0 radical (unpaired) electrons. The summed E-state index contributed by atoms with van der Waals surface area (Å²) in [7, 11) is 5.84. The van der Waals surface area contributed by atoms with Crippen molar-refractivity contribution in [2.24, 2.45) is 0 Å². The van der Waals surface area contributed by atoms with E-state index in [1.807, 2.05) is 0 Å². The van der Waals surface area contributed by atoms with Gasteiger partial charge in [-0.2, -0.15) is 0 Å². The summed E-state index contributed by atoms with van der Waals surface area (Å²) in [6.45, 7) is 0. The number of phenols is 1. The van der Waals surface area contributed by atoms with Crippen LogP contribution in [0.25, 0.3) is 0 Å². The number of carbonyl (C=O) groups excluding carboxylic acids is 2. The molecule has 2 heterocycles. The molecule has 3 aromatic carbocycles. The Morgan fingerprint density at radius 3 is 1.72 bits per heavy atom. The number of methoxy groups -OCH3 is 4. The molecule has 186 valence electrons. The third-order valence-corrected chi connectivity index (χ3v) is 6.88. The Bertz CT molecular complexity index is 1420. The van der Waals surface area contributed by atoms with Crippen molar-refractivity contribution in [2.45, 2.75) is 12.2 Å². The van der Waals surface area contributed by atoms with Crippen molar-refractivity contribution in [1.82, 2.24) is 0 Å². The van der Waals surface area contributed by atoms with Gasteiger partial charge in [0.1, 0.15) is 16.9 Å². The first kappa shape index (κ1) is 23.8. The molecule has 0 aromatic heterocycles. The second-order valence-electron chi connectivity index (χ2n) is 8.04. The first-order valence-electron chi connectivity index (χ1n) is 10.8. The van der Waals surface area contributed by atoms with Crippen molar-refractivity contribution in [3.05, 3.63) is 74.3 Å². The highest BCUT2D eigenvalue weighted by molar-refractivity contribution is 9.10. The second-order valence-corrected chi connectivity index (χ2v) is 8.90. The lowest BCUT2D eigenvalue weighted by Gasteiger charge is -2.19. The number of rotatable bonds is 6. The largest absolute Gasteiger partial charge is 0.506 e. The highest BCUT2D eigenvalue weighted by atomic mass is 79.9. The van der Waals surface area contributed by atoms with E-state index < -0.39 is 24.1 Å². The number of benzene rings is 3. The third kappa shape index (κ3) is 3.43. The molecule has 0 aliphatic carbocycles. The lowest BCUT2D eigenvalue weighted by atomic mass is 9.93. The summed E-state index contributed by atoms with van der Waals surface area (Å²) in [4.78, 5) is 25.6. The molecule has 0 saturated heterocycles. The number of fused-ring (bicyclic) bond motifs is 2.